The number of aromatic nitrogens is 2. The van der Waals surface area contributed by atoms with Gasteiger partial charge in [0.25, 0.3) is 11.6 Å². The van der Waals surface area contributed by atoms with E-state index in [0.29, 0.717) is 12.4 Å². The molecule has 0 aliphatic carbocycles. The lowest BCUT2D eigenvalue weighted by atomic mass is 10.1. The number of nitro benzene ring substituents is 1. The lowest BCUT2D eigenvalue weighted by Gasteiger charge is -2.30. The largest absolute Gasteiger partial charge is 0.484 e. The standard InChI is InChI=1S/C15H16F3N5O4.ClH/c1-22-5-4-19-7-12(22)13-20-14(27-21-13)10-6-9(26-8-15(16,17)18)2-3-11(10)23(24)25;/h2-3,6,12,19H,4-5,7-8H2,1H3;1H. The Hall–Kier alpha value is -2.44. The number of ether oxygens (including phenoxy) is 1. The van der Waals surface area contributed by atoms with Gasteiger partial charge in [-0.3, -0.25) is 15.0 Å². The molecule has 2 aromatic rings. The van der Waals surface area contributed by atoms with Crippen LogP contribution in [0.5, 0.6) is 5.75 Å². The van der Waals surface area contributed by atoms with E-state index in [1.807, 2.05) is 11.9 Å². The summed E-state index contributed by atoms with van der Waals surface area (Å²) in [6.45, 7) is 0.626. The third-order valence-corrected chi connectivity index (χ3v) is 4.05. The van der Waals surface area contributed by atoms with E-state index in [0.717, 1.165) is 31.3 Å². The second-order valence-corrected chi connectivity index (χ2v) is 6.00. The van der Waals surface area contributed by atoms with Gasteiger partial charge < -0.3 is 14.6 Å². The molecule has 9 nitrogen and oxygen atoms in total. The zero-order valence-electron chi connectivity index (χ0n) is 14.6. The first-order chi connectivity index (χ1) is 12.7. The molecule has 1 saturated heterocycles. The molecule has 0 amide bonds. The number of hydrogen-bond acceptors (Lipinski definition) is 8. The molecule has 0 radical (unpaired) electrons. The molecule has 1 atom stereocenters. The maximum Gasteiger partial charge on any atom is 0.422 e. The van der Waals surface area contributed by atoms with Crippen molar-refractivity contribution in [3.8, 4) is 17.2 Å². The summed E-state index contributed by atoms with van der Waals surface area (Å²) in [5.74, 6) is -0.0205. The minimum absolute atomic E-state index is 0. The van der Waals surface area contributed by atoms with E-state index in [1.54, 1.807) is 0 Å². The first kappa shape index (κ1) is 21.9. The second kappa shape index (κ2) is 8.71. The van der Waals surface area contributed by atoms with E-state index in [4.69, 9.17) is 4.52 Å². The summed E-state index contributed by atoms with van der Waals surface area (Å²) in [4.78, 5) is 16.8. The quantitative estimate of drug-likeness (QED) is 0.577. The molecular formula is C15H17ClF3N5O4. The van der Waals surface area contributed by atoms with Crippen LogP contribution in [-0.2, 0) is 0 Å². The number of benzene rings is 1. The fraction of sp³-hybridized carbons (Fsp3) is 0.467. The Morgan fingerprint density at radius 2 is 2.21 bits per heavy atom. The molecule has 2 heterocycles. The van der Waals surface area contributed by atoms with Gasteiger partial charge >= 0.3 is 6.18 Å². The summed E-state index contributed by atoms with van der Waals surface area (Å²) >= 11 is 0. The molecule has 28 heavy (non-hydrogen) atoms. The first-order valence-electron chi connectivity index (χ1n) is 7.97. The van der Waals surface area contributed by atoms with Crippen molar-refractivity contribution in [2.45, 2.75) is 12.2 Å². The highest BCUT2D eigenvalue weighted by atomic mass is 35.5. The molecule has 0 spiro atoms. The van der Waals surface area contributed by atoms with Crippen LogP contribution in [0.4, 0.5) is 18.9 Å². The number of rotatable bonds is 5. The Morgan fingerprint density at radius 1 is 1.46 bits per heavy atom. The molecular weight excluding hydrogens is 407 g/mol. The van der Waals surface area contributed by atoms with Crippen LogP contribution in [0.25, 0.3) is 11.5 Å². The number of hydrogen-bond donors (Lipinski definition) is 1. The molecule has 1 fully saturated rings. The van der Waals surface area contributed by atoms with Crippen LogP contribution in [0.3, 0.4) is 0 Å². The fourth-order valence-corrected chi connectivity index (χ4v) is 2.67. The minimum atomic E-state index is -4.53. The van der Waals surface area contributed by atoms with Crippen molar-refractivity contribution in [3.63, 3.8) is 0 Å². The summed E-state index contributed by atoms with van der Waals surface area (Å²) < 4.78 is 46.8. The molecule has 1 aliphatic rings. The van der Waals surface area contributed by atoms with Gasteiger partial charge in [-0.2, -0.15) is 18.2 Å². The number of nitrogens with one attached hydrogen (secondary N) is 1. The molecule has 0 bridgehead atoms. The molecule has 0 saturated carbocycles. The zero-order chi connectivity index (χ0) is 19.6. The molecule has 1 N–H and O–H groups in total. The van der Waals surface area contributed by atoms with E-state index in [1.165, 1.54) is 0 Å². The summed E-state index contributed by atoms with van der Waals surface area (Å²) in [5.41, 5.74) is -0.482. The number of likely N-dealkylation sites (N-methyl/N-ethyl adjacent to an activating group) is 1. The third kappa shape index (κ3) is 5.09. The highest BCUT2D eigenvalue weighted by Crippen LogP contribution is 2.33. The summed E-state index contributed by atoms with van der Waals surface area (Å²) in [6, 6.07) is 3.03. The highest BCUT2D eigenvalue weighted by molar-refractivity contribution is 5.85. The molecule has 13 heteroatoms. The van der Waals surface area contributed by atoms with Gasteiger partial charge in [0.05, 0.1) is 11.0 Å². The van der Waals surface area contributed by atoms with Gasteiger partial charge in [0, 0.05) is 25.7 Å². The van der Waals surface area contributed by atoms with Gasteiger partial charge in [-0.15, -0.1) is 12.4 Å². The van der Waals surface area contributed by atoms with E-state index in [-0.39, 0.29) is 41.3 Å². The van der Waals surface area contributed by atoms with Crippen LogP contribution in [0, 0.1) is 10.1 Å². The average Bonchev–Trinajstić information content (AvgIpc) is 3.09. The predicted octanol–water partition coefficient (Wildman–Crippen LogP) is 2.58. The Labute approximate surface area is 163 Å². The van der Waals surface area contributed by atoms with E-state index in [9.17, 15) is 23.3 Å². The zero-order valence-corrected chi connectivity index (χ0v) is 15.4. The Kier molecular flexibility index (Phi) is 6.80. The van der Waals surface area contributed by atoms with Crippen molar-refractivity contribution in [2.24, 2.45) is 0 Å². The van der Waals surface area contributed by atoms with Gasteiger partial charge in [-0.25, -0.2) is 0 Å². The number of alkyl halides is 3. The topological polar surface area (TPSA) is 107 Å². The summed E-state index contributed by atoms with van der Waals surface area (Å²) in [6.07, 6.45) is -4.53. The highest BCUT2D eigenvalue weighted by Gasteiger charge is 2.30. The molecule has 1 aromatic carbocycles. The normalized spacial score (nSPS) is 17.8. The first-order valence-corrected chi connectivity index (χ1v) is 7.97. The molecule has 1 aliphatic heterocycles. The smallest absolute Gasteiger partial charge is 0.422 e. The van der Waals surface area contributed by atoms with Crippen molar-refractivity contribution in [1.29, 1.82) is 0 Å². The molecule has 1 unspecified atom stereocenters. The SMILES string of the molecule is CN1CCNCC1c1noc(-c2cc(OCC(F)(F)F)ccc2[N+](=O)[O-])n1.Cl. The van der Waals surface area contributed by atoms with Crippen LogP contribution in [0.15, 0.2) is 22.7 Å². The van der Waals surface area contributed by atoms with Gasteiger partial charge in [0.2, 0.25) is 0 Å². The predicted molar refractivity (Wildman–Crippen MR) is 93.4 cm³/mol. The maximum atomic E-state index is 12.3. The van der Waals surface area contributed by atoms with Crippen LogP contribution < -0.4 is 10.1 Å². The van der Waals surface area contributed by atoms with Crippen molar-refractivity contribution in [3.05, 3.63) is 34.1 Å². The average molecular weight is 424 g/mol. The Bertz CT molecular complexity index is 832. The van der Waals surface area contributed by atoms with Gasteiger partial charge in [0.15, 0.2) is 12.4 Å². The van der Waals surface area contributed by atoms with Crippen molar-refractivity contribution in [1.82, 2.24) is 20.4 Å². The number of nitro groups is 1. The number of nitrogens with zero attached hydrogens (tertiary/aromatic N) is 4. The Morgan fingerprint density at radius 3 is 2.86 bits per heavy atom. The number of halogens is 4. The molecule has 3 rings (SSSR count). The van der Waals surface area contributed by atoms with Crippen LogP contribution in [0.2, 0.25) is 0 Å². The van der Waals surface area contributed by atoms with Gasteiger partial charge in [0.1, 0.15) is 11.3 Å². The third-order valence-electron chi connectivity index (χ3n) is 4.05. The van der Waals surface area contributed by atoms with E-state index in [2.05, 4.69) is 20.2 Å². The number of piperazine rings is 1. The summed E-state index contributed by atoms with van der Waals surface area (Å²) in [5, 5.41) is 18.3. The fourth-order valence-electron chi connectivity index (χ4n) is 2.67. The van der Waals surface area contributed by atoms with Crippen LogP contribution >= 0.6 is 12.4 Å². The van der Waals surface area contributed by atoms with Crippen LogP contribution in [0.1, 0.15) is 11.9 Å². The van der Waals surface area contributed by atoms with Crippen molar-refractivity contribution in [2.75, 3.05) is 33.3 Å². The van der Waals surface area contributed by atoms with Crippen LogP contribution in [-0.4, -0.2) is 59.4 Å². The Balaban J connectivity index is 0.00000280. The second-order valence-electron chi connectivity index (χ2n) is 6.00. The lowest BCUT2D eigenvalue weighted by Crippen LogP contribution is -2.44. The minimum Gasteiger partial charge on any atom is -0.484 e. The molecule has 154 valence electrons. The van der Waals surface area contributed by atoms with Crippen molar-refractivity contribution < 1.29 is 27.4 Å². The van der Waals surface area contributed by atoms with E-state index >= 15 is 0 Å². The van der Waals surface area contributed by atoms with Gasteiger partial charge in [-0.1, -0.05) is 5.16 Å². The lowest BCUT2D eigenvalue weighted by molar-refractivity contribution is -0.384. The molecule has 1 aromatic heterocycles. The van der Waals surface area contributed by atoms with Crippen molar-refractivity contribution >= 4 is 18.1 Å². The monoisotopic (exact) mass is 423 g/mol. The van der Waals surface area contributed by atoms with E-state index < -0.39 is 17.7 Å². The van der Waals surface area contributed by atoms with Gasteiger partial charge in [-0.05, 0) is 19.2 Å². The summed E-state index contributed by atoms with van der Waals surface area (Å²) in [7, 11) is 1.88. The maximum absolute atomic E-state index is 12.3.